The highest BCUT2D eigenvalue weighted by atomic mass is 16.5. The van der Waals surface area contributed by atoms with Crippen molar-refractivity contribution in [1.82, 2.24) is 15.5 Å². The molecule has 3 atom stereocenters. The normalized spacial score (nSPS) is 36.9. The molecule has 0 radical (unpaired) electrons. The maximum atomic E-state index is 5.42. The zero-order chi connectivity index (χ0) is 10.5. The van der Waals surface area contributed by atoms with Gasteiger partial charge in [0.2, 0.25) is 5.89 Å². The number of nitrogens with zero attached hydrogens (tertiary/aromatic N) is 2. The fourth-order valence-electron chi connectivity index (χ4n) is 2.77. The largest absolute Gasteiger partial charge is 0.339 e. The van der Waals surface area contributed by atoms with Crippen molar-refractivity contribution in [3.63, 3.8) is 0 Å². The monoisotopic (exact) mass is 217 g/mol. The Morgan fingerprint density at radius 1 is 1.31 bits per heavy atom. The Hall–Kier alpha value is -1.16. The number of fused-ring (bicyclic) bond motifs is 2. The molecule has 3 heterocycles. The van der Waals surface area contributed by atoms with Crippen LogP contribution in [0.15, 0.2) is 16.7 Å². The Kier molecular flexibility index (Phi) is 1.77. The minimum Gasteiger partial charge on any atom is -0.339 e. The van der Waals surface area contributed by atoms with Gasteiger partial charge in [-0.3, -0.25) is 0 Å². The van der Waals surface area contributed by atoms with E-state index >= 15 is 0 Å². The Morgan fingerprint density at radius 2 is 2.25 bits per heavy atom. The lowest BCUT2D eigenvalue weighted by Crippen LogP contribution is -2.46. The van der Waals surface area contributed by atoms with Crippen LogP contribution < -0.4 is 5.32 Å². The molecule has 2 bridgehead atoms. The Balaban J connectivity index is 1.62. The molecule has 2 fully saturated rings. The summed E-state index contributed by atoms with van der Waals surface area (Å²) in [5.74, 6) is 3.39. The van der Waals surface area contributed by atoms with Crippen LogP contribution in [0, 0.1) is 5.92 Å². The van der Waals surface area contributed by atoms with E-state index in [9.17, 15) is 0 Å². The van der Waals surface area contributed by atoms with E-state index in [1.165, 1.54) is 12.8 Å². The molecular formula is C12H15N3O. The third kappa shape index (κ3) is 1.33. The SMILES string of the molecule is C1=CC2NCC1CC2c1nc(C2CC2)no1. The van der Waals surface area contributed by atoms with Crippen LogP contribution in [0.5, 0.6) is 0 Å². The summed E-state index contributed by atoms with van der Waals surface area (Å²) in [5, 5.41) is 7.61. The van der Waals surface area contributed by atoms with Gasteiger partial charge in [0.1, 0.15) is 0 Å². The molecule has 2 aliphatic carbocycles. The van der Waals surface area contributed by atoms with Gasteiger partial charge in [0.15, 0.2) is 5.82 Å². The van der Waals surface area contributed by atoms with Gasteiger partial charge in [-0.05, 0) is 25.2 Å². The molecule has 5 rings (SSSR count). The summed E-state index contributed by atoms with van der Waals surface area (Å²) in [6.07, 6.45) is 8.18. The zero-order valence-corrected chi connectivity index (χ0v) is 9.10. The highest BCUT2D eigenvalue weighted by Gasteiger charge is 2.37. The van der Waals surface area contributed by atoms with Gasteiger partial charge >= 0.3 is 0 Å². The number of nitrogens with one attached hydrogen (secondary N) is 1. The van der Waals surface area contributed by atoms with Crippen LogP contribution in [-0.2, 0) is 0 Å². The van der Waals surface area contributed by atoms with E-state index in [1.807, 2.05) is 0 Å². The summed E-state index contributed by atoms with van der Waals surface area (Å²) in [6, 6.07) is 0.400. The number of piperidine rings is 1. The van der Waals surface area contributed by atoms with E-state index in [0.717, 1.165) is 24.7 Å². The van der Waals surface area contributed by atoms with Gasteiger partial charge in [-0.15, -0.1) is 0 Å². The smallest absolute Gasteiger partial charge is 0.231 e. The molecule has 1 N–H and O–H groups in total. The maximum absolute atomic E-state index is 5.42. The van der Waals surface area contributed by atoms with Gasteiger partial charge in [0.25, 0.3) is 0 Å². The van der Waals surface area contributed by atoms with E-state index in [1.54, 1.807) is 0 Å². The highest BCUT2D eigenvalue weighted by molar-refractivity contribution is 5.18. The van der Waals surface area contributed by atoms with Crippen molar-refractivity contribution in [2.45, 2.75) is 37.1 Å². The topological polar surface area (TPSA) is 51.0 Å². The number of aromatic nitrogens is 2. The van der Waals surface area contributed by atoms with E-state index < -0.39 is 0 Å². The van der Waals surface area contributed by atoms with Crippen LogP contribution in [0.1, 0.15) is 42.8 Å². The lowest BCUT2D eigenvalue weighted by atomic mass is 9.79. The molecule has 16 heavy (non-hydrogen) atoms. The van der Waals surface area contributed by atoms with Crippen LogP contribution in [0.2, 0.25) is 0 Å². The zero-order valence-electron chi connectivity index (χ0n) is 9.10. The predicted molar refractivity (Wildman–Crippen MR) is 58.1 cm³/mol. The first-order valence-electron chi connectivity index (χ1n) is 6.15. The fourth-order valence-corrected chi connectivity index (χ4v) is 2.77. The summed E-state index contributed by atoms with van der Waals surface area (Å²) in [7, 11) is 0. The van der Waals surface area contributed by atoms with Crippen LogP contribution in [0.25, 0.3) is 0 Å². The van der Waals surface area contributed by atoms with Crippen molar-refractivity contribution in [2.75, 3.05) is 6.54 Å². The summed E-state index contributed by atoms with van der Waals surface area (Å²) < 4.78 is 5.42. The molecule has 1 saturated carbocycles. The first-order valence-corrected chi connectivity index (χ1v) is 6.15. The molecule has 0 amide bonds. The van der Waals surface area contributed by atoms with Gasteiger partial charge in [-0.2, -0.15) is 4.98 Å². The van der Waals surface area contributed by atoms with Crippen molar-refractivity contribution in [2.24, 2.45) is 5.92 Å². The Morgan fingerprint density at radius 3 is 2.88 bits per heavy atom. The molecule has 84 valence electrons. The summed E-state index contributed by atoms with van der Waals surface area (Å²) >= 11 is 0. The number of rotatable bonds is 2. The van der Waals surface area contributed by atoms with Crippen LogP contribution in [0.3, 0.4) is 0 Å². The van der Waals surface area contributed by atoms with E-state index in [-0.39, 0.29) is 0 Å². The maximum Gasteiger partial charge on any atom is 0.231 e. The molecule has 2 aliphatic heterocycles. The van der Waals surface area contributed by atoms with Gasteiger partial charge in [0, 0.05) is 18.5 Å². The predicted octanol–water partition coefficient (Wildman–Crippen LogP) is 1.58. The van der Waals surface area contributed by atoms with Crippen molar-refractivity contribution in [3.05, 3.63) is 23.9 Å². The quantitative estimate of drug-likeness (QED) is 0.764. The average molecular weight is 217 g/mol. The third-order valence-electron chi connectivity index (χ3n) is 3.91. The second-order valence-electron chi connectivity index (χ2n) is 5.19. The fraction of sp³-hybridized carbons (Fsp3) is 0.667. The Bertz CT molecular complexity index is 435. The Labute approximate surface area is 94.1 Å². The molecule has 1 aromatic rings. The van der Waals surface area contributed by atoms with Gasteiger partial charge in [-0.1, -0.05) is 17.3 Å². The van der Waals surface area contributed by atoms with Crippen LogP contribution >= 0.6 is 0 Å². The second kappa shape index (κ2) is 3.17. The van der Waals surface area contributed by atoms with Crippen LogP contribution in [-0.4, -0.2) is 22.7 Å². The van der Waals surface area contributed by atoms with E-state index in [4.69, 9.17) is 4.52 Å². The second-order valence-corrected chi connectivity index (χ2v) is 5.19. The lowest BCUT2D eigenvalue weighted by Gasteiger charge is -2.36. The van der Waals surface area contributed by atoms with Crippen molar-refractivity contribution < 1.29 is 4.52 Å². The average Bonchev–Trinajstić information content (AvgIpc) is 3.09. The van der Waals surface area contributed by atoms with Gasteiger partial charge in [-0.25, -0.2) is 0 Å². The lowest BCUT2D eigenvalue weighted by molar-refractivity contribution is 0.257. The molecule has 3 unspecified atom stereocenters. The minimum absolute atomic E-state index is 0.392. The molecule has 1 saturated heterocycles. The molecular weight excluding hydrogens is 202 g/mol. The van der Waals surface area contributed by atoms with Crippen molar-refractivity contribution >= 4 is 0 Å². The molecule has 4 heteroatoms. The third-order valence-corrected chi connectivity index (χ3v) is 3.91. The first-order chi connectivity index (χ1) is 7.90. The number of hydrogen-bond donors (Lipinski definition) is 1. The van der Waals surface area contributed by atoms with Crippen molar-refractivity contribution in [3.8, 4) is 0 Å². The summed E-state index contributed by atoms with van der Waals surface area (Å²) in [4.78, 5) is 4.56. The van der Waals surface area contributed by atoms with Gasteiger partial charge < -0.3 is 9.84 Å². The molecule has 0 spiro atoms. The molecule has 4 nitrogen and oxygen atoms in total. The number of hydrogen-bond acceptors (Lipinski definition) is 4. The molecule has 0 aromatic carbocycles. The van der Waals surface area contributed by atoms with E-state index in [0.29, 0.717) is 23.8 Å². The standard InChI is InChI=1S/C12H15N3O/c1-4-10-9(5-7(1)6-13-10)12-14-11(15-16-12)8-2-3-8/h1,4,7-10,13H,2-3,5-6H2. The highest BCUT2D eigenvalue weighted by Crippen LogP contribution is 2.40. The molecule has 4 aliphatic rings. The van der Waals surface area contributed by atoms with E-state index in [2.05, 4.69) is 27.6 Å². The summed E-state index contributed by atoms with van der Waals surface area (Å²) in [6.45, 7) is 1.10. The van der Waals surface area contributed by atoms with Crippen molar-refractivity contribution in [1.29, 1.82) is 0 Å². The minimum atomic E-state index is 0.392. The summed E-state index contributed by atoms with van der Waals surface area (Å²) in [5.41, 5.74) is 0. The van der Waals surface area contributed by atoms with Crippen LogP contribution in [0.4, 0.5) is 0 Å². The van der Waals surface area contributed by atoms with Gasteiger partial charge in [0.05, 0.1) is 5.92 Å². The molecule has 1 aromatic heterocycles. The first kappa shape index (κ1) is 8.93.